The van der Waals surface area contributed by atoms with Gasteiger partial charge in [-0.25, -0.2) is 0 Å². The molecule has 1 atom stereocenters. The van der Waals surface area contributed by atoms with Crippen molar-refractivity contribution in [2.24, 2.45) is 11.8 Å². The van der Waals surface area contributed by atoms with Gasteiger partial charge in [-0.15, -0.1) is 0 Å². The molecule has 1 saturated heterocycles. The second-order valence-electron chi connectivity index (χ2n) is 5.08. The summed E-state index contributed by atoms with van der Waals surface area (Å²) in [7, 11) is 0. The van der Waals surface area contributed by atoms with E-state index in [1.165, 1.54) is 0 Å². The van der Waals surface area contributed by atoms with Gasteiger partial charge in [0.1, 0.15) is 11.7 Å². The SMILES string of the molecule is CCC(C(=O)O)C(=O)C1CCC2(CC1)OCCO2. The predicted molar refractivity (Wildman–Crippen MR) is 63.0 cm³/mol. The highest BCUT2D eigenvalue weighted by molar-refractivity contribution is 5.99. The van der Waals surface area contributed by atoms with E-state index in [1.807, 2.05) is 0 Å². The molecule has 2 fully saturated rings. The number of carbonyl (C=O) groups is 2. The van der Waals surface area contributed by atoms with Crippen molar-refractivity contribution >= 4 is 11.8 Å². The fraction of sp³-hybridized carbons (Fsp3) is 0.846. The minimum absolute atomic E-state index is 0.127. The maximum absolute atomic E-state index is 12.1. The van der Waals surface area contributed by atoms with E-state index in [4.69, 9.17) is 14.6 Å². The van der Waals surface area contributed by atoms with Gasteiger partial charge in [0.25, 0.3) is 0 Å². The Balaban J connectivity index is 1.92. The maximum atomic E-state index is 12.1. The third kappa shape index (κ3) is 2.57. The lowest BCUT2D eigenvalue weighted by atomic mass is 9.78. The van der Waals surface area contributed by atoms with Crippen molar-refractivity contribution in [3.05, 3.63) is 0 Å². The predicted octanol–water partition coefficient (Wildman–Crippen LogP) is 1.60. The van der Waals surface area contributed by atoms with Crippen molar-refractivity contribution in [3.63, 3.8) is 0 Å². The highest BCUT2D eigenvalue weighted by Crippen LogP contribution is 2.39. The summed E-state index contributed by atoms with van der Waals surface area (Å²) in [5.41, 5.74) is 0. The largest absolute Gasteiger partial charge is 0.481 e. The normalized spacial score (nSPS) is 25.2. The molecule has 1 aliphatic heterocycles. The van der Waals surface area contributed by atoms with Crippen molar-refractivity contribution in [2.75, 3.05) is 13.2 Å². The maximum Gasteiger partial charge on any atom is 0.314 e. The summed E-state index contributed by atoms with van der Waals surface area (Å²) in [6.45, 7) is 2.97. The van der Waals surface area contributed by atoms with Crippen LogP contribution in [0.15, 0.2) is 0 Å². The minimum atomic E-state index is -1.00. The summed E-state index contributed by atoms with van der Waals surface area (Å²) in [6.07, 6.45) is 3.09. The number of carboxylic acids is 1. The van der Waals surface area contributed by atoms with Crippen LogP contribution in [0.5, 0.6) is 0 Å². The Labute approximate surface area is 106 Å². The Bertz CT molecular complexity index is 322. The van der Waals surface area contributed by atoms with Crippen LogP contribution in [-0.4, -0.2) is 35.9 Å². The molecule has 1 heterocycles. The molecular formula is C13H20O5. The summed E-state index contributed by atoms with van der Waals surface area (Å²) < 4.78 is 11.2. The summed E-state index contributed by atoms with van der Waals surface area (Å²) in [4.78, 5) is 23.1. The number of hydrogen-bond donors (Lipinski definition) is 1. The van der Waals surface area contributed by atoms with Crippen molar-refractivity contribution in [1.82, 2.24) is 0 Å². The second-order valence-corrected chi connectivity index (χ2v) is 5.08. The van der Waals surface area contributed by atoms with Gasteiger partial charge in [0.05, 0.1) is 13.2 Å². The van der Waals surface area contributed by atoms with Crippen LogP contribution in [0.1, 0.15) is 39.0 Å². The Morgan fingerprint density at radius 2 is 1.83 bits per heavy atom. The molecule has 0 aromatic heterocycles. The van der Waals surface area contributed by atoms with Gasteiger partial charge in [0, 0.05) is 18.8 Å². The number of ketones is 1. The smallest absolute Gasteiger partial charge is 0.314 e. The van der Waals surface area contributed by atoms with Gasteiger partial charge in [0.15, 0.2) is 5.79 Å². The number of carbonyl (C=O) groups excluding carboxylic acids is 1. The lowest BCUT2D eigenvalue weighted by molar-refractivity contribution is -0.184. The van der Waals surface area contributed by atoms with Crippen LogP contribution in [0, 0.1) is 11.8 Å². The zero-order chi connectivity index (χ0) is 13.2. The molecule has 5 heteroatoms. The molecule has 1 saturated carbocycles. The second kappa shape index (κ2) is 5.36. The first-order chi connectivity index (χ1) is 8.58. The molecule has 1 N–H and O–H groups in total. The Morgan fingerprint density at radius 1 is 1.28 bits per heavy atom. The first kappa shape index (κ1) is 13.5. The molecular weight excluding hydrogens is 236 g/mol. The third-order valence-corrected chi connectivity index (χ3v) is 4.01. The summed E-state index contributed by atoms with van der Waals surface area (Å²) in [5.74, 6) is -2.62. The van der Waals surface area contributed by atoms with Crippen molar-refractivity contribution in [3.8, 4) is 0 Å². The van der Waals surface area contributed by atoms with Gasteiger partial charge in [-0.3, -0.25) is 9.59 Å². The minimum Gasteiger partial charge on any atom is -0.481 e. The molecule has 0 aromatic rings. The summed E-state index contributed by atoms with van der Waals surface area (Å²) >= 11 is 0. The average molecular weight is 256 g/mol. The molecule has 1 aliphatic carbocycles. The van der Waals surface area contributed by atoms with E-state index in [-0.39, 0.29) is 11.7 Å². The van der Waals surface area contributed by atoms with Crippen molar-refractivity contribution in [2.45, 2.75) is 44.8 Å². The third-order valence-electron chi connectivity index (χ3n) is 4.01. The van der Waals surface area contributed by atoms with Gasteiger partial charge < -0.3 is 14.6 Å². The standard InChI is InChI=1S/C13H20O5/c1-2-10(12(15)16)11(14)9-3-5-13(6-4-9)17-7-8-18-13/h9-10H,2-8H2,1H3,(H,15,16). The number of ether oxygens (including phenoxy) is 2. The van der Waals surface area contributed by atoms with Crippen molar-refractivity contribution in [1.29, 1.82) is 0 Å². The molecule has 0 radical (unpaired) electrons. The first-order valence-electron chi connectivity index (χ1n) is 6.62. The monoisotopic (exact) mass is 256 g/mol. The molecule has 1 spiro atoms. The molecule has 2 rings (SSSR count). The molecule has 18 heavy (non-hydrogen) atoms. The number of Topliss-reactive ketones (excluding diaryl/α,β-unsaturated/α-hetero) is 1. The quantitative estimate of drug-likeness (QED) is 0.773. The number of aliphatic carboxylic acids is 1. The van der Waals surface area contributed by atoms with Crippen molar-refractivity contribution < 1.29 is 24.2 Å². The molecule has 102 valence electrons. The molecule has 5 nitrogen and oxygen atoms in total. The van der Waals surface area contributed by atoms with E-state index in [2.05, 4.69) is 0 Å². The molecule has 0 amide bonds. The van der Waals surface area contributed by atoms with E-state index in [0.717, 1.165) is 0 Å². The topological polar surface area (TPSA) is 72.8 Å². The number of rotatable bonds is 4. The molecule has 2 aliphatic rings. The van der Waals surface area contributed by atoms with E-state index in [0.29, 0.717) is 45.3 Å². The Morgan fingerprint density at radius 3 is 2.28 bits per heavy atom. The van der Waals surface area contributed by atoms with Gasteiger partial charge >= 0.3 is 5.97 Å². The summed E-state index contributed by atoms with van der Waals surface area (Å²) in [6, 6.07) is 0. The molecule has 0 aromatic carbocycles. The van der Waals surface area contributed by atoms with E-state index in [9.17, 15) is 9.59 Å². The Hall–Kier alpha value is -0.940. The number of carboxylic acid groups (broad SMARTS) is 1. The summed E-state index contributed by atoms with van der Waals surface area (Å²) in [5, 5.41) is 9.01. The van der Waals surface area contributed by atoms with Crippen LogP contribution < -0.4 is 0 Å². The van der Waals surface area contributed by atoms with Gasteiger partial charge in [-0.1, -0.05) is 6.92 Å². The van der Waals surface area contributed by atoms with Crippen LogP contribution in [0.4, 0.5) is 0 Å². The number of hydrogen-bond acceptors (Lipinski definition) is 4. The fourth-order valence-corrected chi connectivity index (χ4v) is 2.91. The zero-order valence-corrected chi connectivity index (χ0v) is 10.7. The van der Waals surface area contributed by atoms with E-state index >= 15 is 0 Å². The van der Waals surface area contributed by atoms with E-state index < -0.39 is 17.7 Å². The van der Waals surface area contributed by atoms with Crippen LogP contribution in [0.3, 0.4) is 0 Å². The van der Waals surface area contributed by atoms with E-state index in [1.54, 1.807) is 6.92 Å². The van der Waals surface area contributed by atoms with Gasteiger partial charge in [-0.05, 0) is 19.3 Å². The fourth-order valence-electron chi connectivity index (χ4n) is 2.91. The highest BCUT2D eigenvalue weighted by atomic mass is 16.7. The zero-order valence-electron chi connectivity index (χ0n) is 10.7. The van der Waals surface area contributed by atoms with Crippen LogP contribution in [0.2, 0.25) is 0 Å². The van der Waals surface area contributed by atoms with Crippen LogP contribution >= 0.6 is 0 Å². The lowest BCUT2D eigenvalue weighted by Crippen LogP contribution is -2.39. The van der Waals surface area contributed by atoms with Crippen LogP contribution in [0.25, 0.3) is 0 Å². The van der Waals surface area contributed by atoms with Gasteiger partial charge in [0.2, 0.25) is 0 Å². The molecule has 0 bridgehead atoms. The average Bonchev–Trinajstić information content (AvgIpc) is 2.79. The Kier molecular flexibility index (Phi) is 4.02. The lowest BCUT2D eigenvalue weighted by Gasteiger charge is -2.35. The van der Waals surface area contributed by atoms with Gasteiger partial charge in [-0.2, -0.15) is 0 Å². The van der Waals surface area contributed by atoms with Crippen LogP contribution in [-0.2, 0) is 19.1 Å². The first-order valence-corrected chi connectivity index (χ1v) is 6.62. The highest BCUT2D eigenvalue weighted by Gasteiger charge is 2.43. The molecule has 1 unspecified atom stereocenters.